The van der Waals surface area contributed by atoms with Gasteiger partial charge in [0.05, 0.1) is 0 Å². The molecule has 0 aromatic heterocycles. The van der Waals surface area contributed by atoms with Crippen LogP contribution < -0.4 is 0 Å². The van der Waals surface area contributed by atoms with Gasteiger partial charge < -0.3 is 4.90 Å². The van der Waals surface area contributed by atoms with Gasteiger partial charge in [-0.25, -0.2) is 0 Å². The molecule has 0 aliphatic carbocycles. The van der Waals surface area contributed by atoms with Gasteiger partial charge in [-0.2, -0.15) is 0 Å². The Morgan fingerprint density at radius 1 is 1.00 bits per heavy atom. The van der Waals surface area contributed by atoms with Gasteiger partial charge in [0.1, 0.15) is 5.78 Å². The van der Waals surface area contributed by atoms with Crippen LogP contribution in [0.1, 0.15) is 86.0 Å². The average Bonchev–Trinajstić information content (AvgIpc) is 2.52. The Hall–Kier alpha value is -0.370. The van der Waals surface area contributed by atoms with Gasteiger partial charge in [0.15, 0.2) is 0 Å². The van der Waals surface area contributed by atoms with E-state index in [1.165, 1.54) is 45.1 Å². The molecule has 2 nitrogen and oxygen atoms in total. The summed E-state index contributed by atoms with van der Waals surface area (Å²) in [6.07, 6.45) is 10.4. The summed E-state index contributed by atoms with van der Waals surface area (Å²) in [5.74, 6) is 1.05. The molecule has 0 aromatic carbocycles. The van der Waals surface area contributed by atoms with Gasteiger partial charge in [-0.15, -0.1) is 0 Å². The molecule has 1 rings (SSSR count). The van der Waals surface area contributed by atoms with Crippen LogP contribution in [0.5, 0.6) is 0 Å². The molecule has 21 heavy (non-hydrogen) atoms. The molecular weight excluding hydrogens is 258 g/mol. The third-order valence-electron chi connectivity index (χ3n) is 4.39. The van der Waals surface area contributed by atoms with E-state index in [1.807, 2.05) is 27.7 Å². The molecule has 1 saturated heterocycles. The van der Waals surface area contributed by atoms with Crippen molar-refractivity contribution >= 4 is 5.78 Å². The van der Waals surface area contributed by atoms with Crippen LogP contribution in [0.3, 0.4) is 0 Å². The van der Waals surface area contributed by atoms with Crippen LogP contribution in [0.15, 0.2) is 0 Å². The van der Waals surface area contributed by atoms with E-state index in [0.29, 0.717) is 11.7 Å². The summed E-state index contributed by atoms with van der Waals surface area (Å²) in [4.78, 5) is 14.5. The fraction of sp³-hybridized carbons (Fsp3) is 0.947. The van der Waals surface area contributed by atoms with Crippen molar-refractivity contribution in [2.75, 3.05) is 19.6 Å². The lowest BCUT2D eigenvalue weighted by Crippen LogP contribution is -2.37. The molecule has 1 aliphatic heterocycles. The maximum Gasteiger partial charge on any atom is 0.138 e. The van der Waals surface area contributed by atoms with Crippen molar-refractivity contribution < 1.29 is 4.79 Å². The lowest BCUT2D eigenvalue weighted by atomic mass is 9.87. The number of unbranched alkanes of at least 4 members (excludes halogenated alkanes) is 5. The number of ketones is 1. The highest BCUT2D eigenvalue weighted by Crippen LogP contribution is 2.21. The SMILES string of the molecule is CC.CCCCCCCCN1CCC(C(=O)C(C)C)CC1. The second kappa shape index (κ2) is 13.3. The highest BCUT2D eigenvalue weighted by Gasteiger charge is 2.25. The first-order valence-electron chi connectivity index (χ1n) is 9.41. The number of carbonyl (C=O) groups excluding carboxylic acids is 1. The zero-order valence-corrected chi connectivity index (χ0v) is 15.3. The van der Waals surface area contributed by atoms with Gasteiger partial charge in [0.25, 0.3) is 0 Å². The maximum atomic E-state index is 11.9. The smallest absolute Gasteiger partial charge is 0.138 e. The number of hydrogen-bond donors (Lipinski definition) is 0. The molecule has 0 unspecified atom stereocenters. The fourth-order valence-electron chi connectivity index (χ4n) is 3.03. The summed E-state index contributed by atoms with van der Waals surface area (Å²) in [5.41, 5.74) is 0. The lowest BCUT2D eigenvalue weighted by molar-refractivity contribution is -0.127. The van der Waals surface area contributed by atoms with Crippen LogP contribution in [0.2, 0.25) is 0 Å². The van der Waals surface area contributed by atoms with E-state index in [1.54, 1.807) is 0 Å². The molecule has 0 bridgehead atoms. The second-order valence-corrected chi connectivity index (χ2v) is 6.44. The third-order valence-corrected chi connectivity index (χ3v) is 4.39. The van der Waals surface area contributed by atoms with Crippen molar-refractivity contribution in [2.45, 2.75) is 86.0 Å². The topological polar surface area (TPSA) is 20.3 Å². The van der Waals surface area contributed by atoms with Gasteiger partial charge >= 0.3 is 0 Å². The molecule has 0 radical (unpaired) electrons. The van der Waals surface area contributed by atoms with Crippen molar-refractivity contribution in [3.05, 3.63) is 0 Å². The van der Waals surface area contributed by atoms with Gasteiger partial charge in [-0.3, -0.25) is 4.79 Å². The summed E-state index contributed by atoms with van der Waals surface area (Å²) in [6, 6.07) is 0. The van der Waals surface area contributed by atoms with Crippen LogP contribution in [0, 0.1) is 11.8 Å². The van der Waals surface area contributed by atoms with E-state index >= 15 is 0 Å². The highest BCUT2D eigenvalue weighted by atomic mass is 16.1. The first-order chi connectivity index (χ1) is 10.1. The van der Waals surface area contributed by atoms with Crippen LogP contribution in [0.25, 0.3) is 0 Å². The molecule has 0 spiro atoms. The minimum Gasteiger partial charge on any atom is -0.303 e. The van der Waals surface area contributed by atoms with E-state index in [9.17, 15) is 4.79 Å². The Kier molecular flexibility index (Phi) is 13.1. The van der Waals surface area contributed by atoms with E-state index < -0.39 is 0 Å². The lowest BCUT2D eigenvalue weighted by Gasteiger charge is -2.31. The van der Waals surface area contributed by atoms with Crippen LogP contribution in [0.4, 0.5) is 0 Å². The largest absolute Gasteiger partial charge is 0.303 e. The van der Waals surface area contributed by atoms with Gasteiger partial charge in [-0.05, 0) is 38.9 Å². The Morgan fingerprint density at radius 3 is 2.05 bits per heavy atom. The average molecular weight is 298 g/mol. The Balaban J connectivity index is 0.00000191. The number of hydrogen-bond acceptors (Lipinski definition) is 2. The first kappa shape index (κ1) is 20.6. The quantitative estimate of drug-likeness (QED) is 0.537. The zero-order chi connectivity index (χ0) is 16.1. The van der Waals surface area contributed by atoms with Crippen LogP contribution in [-0.2, 0) is 4.79 Å². The monoisotopic (exact) mass is 297 g/mol. The fourth-order valence-corrected chi connectivity index (χ4v) is 3.03. The van der Waals surface area contributed by atoms with Gasteiger partial charge in [0.2, 0.25) is 0 Å². The predicted molar refractivity (Wildman–Crippen MR) is 93.7 cm³/mol. The predicted octanol–water partition coefficient (Wildman–Crippen LogP) is 5.31. The molecule has 0 N–H and O–H groups in total. The molecule has 1 heterocycles. The van der Waals surface area contributed by atoms with E-state index in [2.05, 4.69) is 11.8 Å². The number of carbonyl (C=O) groups is 1. The molecule has 0 saturated carbocycles. The zero-order valence-electron chi connectivity index (χ0n) is 15.3. The van der Waals surface area contributed by atoms with Crippen molar-refractivity contribution in [3.63, 3.8) is 0 Å². The van der Waals surface area contributed by atoms with Crippen LogP contribution >= 0.6 is 0 Å². The molecule has 1 fully saturated rings. The van der Waals surface area contributed by atoms with Crippen LogP contribution in [-0.4, -0.2) is 30.3 Å². The summed E-state index contributed by atoms with van der Waals surface area (Å²) in [7, 11) is 0. The minimum atomic E-state index is 0.218. The Bertz CT molecular complexity index is 242. The number of likely N-dealkylation sites (tertiary alicyclic amines) is 1. The molecular formula is C19H39NO. The number of piperidine rings is 1. The molecule has 2 heteroatoms. The van der Waals surface area contributed by atoms with Gasteiger partial charge in [-0.1, -0.05) is 66.7 Å². The summed E-state index contributed by atoms with van der Waals surface area (Å²) >= 11 is 0. The summed E-state index contributed by atoms with van der Waals surface area (Å²) in [5, 5.41) is 0. The molecule has 126 valence electrons. The first-order valence-corrected chi connectivity index (χ1v) is 9.41. The minimum absolute atomic E-state index is 0.218. The van der Waals surface area contributed by atoms with Crippen molar-refractivity contribution in [3.8, 4) is 0 Å². The normalized spacial score (nSPS) is 16.7. The molecule has 0 atom stereocenters. The van der Waals surface area contributed by atoms with E-state index in [-0.39, 0.29) is 5.92 Å². The Morgan fingerprint density at radius 2 is 1.52 bits per heavy atom. The van der Waals surface area contributed by atoms with Crippen molar-refractivity contribution in [1.82, 2.24) is 4.90 Å². The number of Topliss-reactive ketones (excluding diaryl/α,β-unsaturated/α-hetero) is 1. The second-order valence-electron chi connectivity index (χ2n) is 6.44. The third kappa shape index (κ3) is 9.29. The van der Waals surface area contributed by atoms with E-state index in [0.717, 1.165) is 25.9 Å². The number of rotatable bonds is 9. The number of nitrogens with zero attached hydrogens (tertiary/aromatic N) is 1. The standard InChI is InChI=1S/C17H33NO.C2H6/c1-4-5-6-7-8-9-12-18-13-10-16(11-14-18)17(19)15(2)3;1-2/h15-16H,4-14H2,1-3H3;1-2H3. The summed E-state index contributed by atoms with van der Waals surface area (Å²) in [6.45, 7) is 13.9. The molecule has 1 aliphatic rings. The summed E-state index contributed by atoms with van der Waals surface area (Å²) < 4.78 is 0. The molecule has 0 aromatic rings. The maximum absolute atomic E-state index is 11.9. The van der Waals surface area contributed by atoms with Crippen molar-refractivity contribution in [1.29, 1.82) is 0 Å². The highest BCUT2D eigenvalue weighted by molar-refractivity contribution is 5.82. The molecule has 0 amide bonds. The Labute approximate surface area is 133 Å². The van der Waals surface area contributed by atoms with Crippen molar-refractivity contribution in [2.24, 2.45) is 11.8 Å². The van der Waals surface area contributed by atoms with Gasteiger partial charge in [0, 0.05) is 11.8 Å². The van der Waals surface area contributed by atoms with E-state index in [4.69, 9.17) is 0 Å².